The second kappa shape index (κ2) is 7.81. The minimum atomic E-state index is -0.437. The monoisotopic (exact) mass is 283 g/mol. The second-order valence-corrected chi connectivity index (χ2v) is 5.79. The number of nitrogens with zero attached hydrogens (tertiary/aromatic N) is 4. The molecule has 1 aromatic heterocycles. The molecule has 0 aromatic carbocycles. The van der Waals surface area contributed by atoms with Crippen LogP contribution < -0.4 is 5.32 Å². The van der Waals surface area contributed by atoms with Crippen molar-refractivity contribution >= 4 is 6.09 Å². The highest BCUT2D eigenvalue weighted by Crippen LogP contribution is 2.06. The molecule has 0 aliphatic rings. The Labute approximate surface area is 120 Å². The summed E-state index contributed by atoms with van der Waals surface area (Å²) in [6.45, 7) is 8.95. The Balaban J connectivity index is 1.98. The van der Waals surface area contributed by atoms with E-state index in [1.165, 1.54) is 0 Å². The molecule has 1 N–H and O–H groups in total. The summed E-state index contributed by atoms with van der Waals surface area (Å²) in [7, 11) is 0. The van der Waals surface area contributed by atoms with Crippen molar-refractivity contribution < 1.29 is 9.53 Å². The van der Waals surface area contributed by atoms with E-state index >= 15 is 0 Å². The fraction of sp³-hybridized carbons (Fsp3) is 0.846. The predicted molar refractivity (Wildman–Crippen MR) is 75.3 cm³/mol. The summed E-state index contributed by atoms with van der Waals surface area (Å²) >= 11 is 0. The third kappa shape index (κ3) is 7.06. The number of hydrogen-bond donors (Lipinski definition) is 1. The third-order valence-electron chi connectivity index (χ3n) is 2.68. The minimum Gasteiger partial charge on any atom is -0.444 e. The molecule has 1 amide bonds. The molecule has 0 aliphatic carbocycles. The van der Waals surface area contributed by atoms with E-state index < -0.39 is 5.60 Å². The summed E-state index contributed by atoms with van der Waals surface area (Å²) in [6, 6.07) is 0. The molecule has 0 unspecified atom stereocenters. The smallest absolute Gasteiger partial charge is 0.407 e. The summed E-state index contributed by atoms with van der Waals surface area (Å²) in [5.41, 5.74) is -0.437. The van der Waals surface area contributed by atoms with Crippen LogP contribution in [0, 0.1) is 6.92 Å². The Bertz CT molecular complexity index is 411. The Kier molecular flexibility index (Phi) is 6.41. The fourth-order valence-corrected chi connectivity index (χ4v) is 1.70. The van der Waals surface area contributed by atoms with Crippen LogP contribution in [0.4, 0.5) is 4.79 Å². The van der Waals surface area contributed by atoms with E-state index in [9.17, 15) is 4.79 Å². The molecule has 0 fully saturated rings. The number of aryl methyl sites for hydroxylation is 2. The van der Waals surface area contributed by atoms with E-state index in [0.717, 1.165) is 38.1 Å². The lowest BCUT2D eigenvalue weighted by Crippen LogP contribution is -2.32. The minimum absolute atomic E-state index is 0.346. The topological polar surface area (TPSA) is 81.9 Å². The fourth-order valence-electron chi connectivity index (χ4n) is 1.70. The van der Waals surface area contributed by atoms with Gasteiger partial charge < -0.3 is 10.1 Å². The molecule has 0 aliphatic heterocycles. The van der Waals surface area contributed by atoms with Gasteiger partial charge in [-0.25, -0.2) is 9.48 Å². The van der Waals surface area contributed by atoms with E-state index in [4.69, 9.17) is 4.74 Å². The van der Waals surface area contributed by atoms with Crippen molar-refractivity contribution in [2.75, 3.05) is 6.54 Å². The highest BCUT2D eigenvalue weighted by molar-refractivity contribution is 5.67. The molecule has 0 atom stereocenters. The Morgan fingerprint density at radius 3 is 2.55 bits per heavy atom. The zero-order valence-electron chi connectivity index (χ0n) is 12.8. The standard InChI is InChI=1S/C13H25N5O2/c1-11-15-16-17-18(11)10-8-6-5-7-9-14-12(19)20-13(2,3)4/h5-10H2,1-4H3,(H,14,19). The number of nitrogens with one attached hydrogen (secondary N) is 1. The molecule has 0 spiro atoms. The van der Waals surface area contributed by atoms with Crippen molar-refractivity contribution in [1.29, 1.82) is 0 Å². The number of amides is 1. The van der Waals surface area contributed by atoms with Gasteiger partial charge in [-0.2, -0.15) is 0 Å². The van der Waals surface area contributed by atoms with Gasteiger partial charge >= 0.3 is 6.09 Å². The summed E-state index contributed by atoms with van der Waals surface area (Å²) in [4.78, 5) is 11.4. The van der Waals surface area contributed by atoms with Gasteiger partial charge in [-0.3, -0.25) is 0 Å². The van der Waals surface area contributed by atoms with E-state index in [2.05, 4.69) is 20.8 Å². The van der Waals surface area contributed by atoms with Crippen LogP contribution in [0.1, 0.15) is 52.3 Å². The van der Waals surface area contributed by atoms with Crippen LogP contribution in [-0.4, -0.2) is 38.4 Å². The lowest BCUT2D eigenvalue weighted by atomic mass is 10.2. The Morgan fingerprint density at radius 1 is 1.25 bits per heavy atom. The van der Waals surface area contributed by atoms with Crippen LogP contribution in [0.15, 0.2) is 0 Å². The number of hydrogen-bond acceptors (Lipinski definition) is 5. The van der Waals surface area contributed by atoms with Gasteiger partial charge in [-0.15, -0.1) is 5.10 Å². The molecule has 7 heteroatoms. The average molecular weight is 283 g/mol. The average Bonchev–Trinajstić information content (AvgIpc) is 2.71. The van der Waals surface area contributed by atoms with E-state index in [1.54, 1.807) is 4.68 Å². The van der Waals surface area contributed by atoms with Gasteiger partial charge in [0.05, 0.1) is 0 Å². The first kappa shape index (κ1) is 16.4. The summed E-state index contributed by atoms with van der Waals surface area (Å²) in [6.07, 6.45) is 3.81. The quantitative estimate of drug-likeness (QED) is 0.775. The molecule has 1 rings (SSSR count). The lowest BCUT2D eigenvalue weighted by Gasteiger charge is -2.19. The summed E-state index contributed by atoms with van der Waals surface area (Å²) in [5.74, 6) is 0.844. The number of rotatable bonds is 7. The number of carbonyl (C=O) groups is 1. The van der Waals surface area contributed by atoms with Crippen molar-refractivity contribution in [3.8, 4) is 0 Å². The first-order valence-electron chi connectivity index (χ1n) is 7.08. The molecule has 1 aromatic rings. The van der Waals surface area contributed by atoms with E-state index in [-0.39, 0.29) is 6.09 Å². The summed E-state index contributed by atoms with van der Waals surface area (Å²) < 4.78 is 6.96. The Morgan fingerprint density at radius 2 is 1.95 bits per heavy atom. The predicted octanol–water partition coefficient (Wildman–Crippen LogP) is 2.07. The molecular formula is C13H25N5O2. The van der Waals surface area contributed by atoms with Crippen molar-refractivity contribution in [1.82, 2.24) is 25.5 Å². The SMILES string of the molecule is Cc1nnnn1CCCCCCNC(=O)OC(C)(C)C. The molecule has 0 saturated heterocycles. The molecule has 1 heterocycles. The van der Waals surface area contributed by atoms with Gasteiger partial charge in [-0.1, -0.05) is 12.8 Å². The summed E-state index contributed by atoms with van der Waals surface area (Å²) in [5, 5.41) is 14.1. The molecule has 0 saturated carbocycles. The second-order valence-electron chi connectivity index (χ2n) is 5.79. The number of tetrazole rings is 1. The maximum absolute atomic E-state index is 11.4. The Hall–Kier alpha value is -1.66. The van der Waals surface area contributed by atoms with Crippen LogP contribution in [0.25, 0.3) is 0 Å². The third-order valence-corrected chi connectivity index (χ3v) is 2.68. The molecule has 0 radical (unpaired) electrons. The van der Waals surface area contributed by atoms with Crippen LogP contribution in [0.5, 0.6) is 0 Å². The number of ether oxygens (including phenoxy) is 1. The van der Waals surface area contributed by atoms with Crippen molar-refractivity contribution in [2.45, 2.75) is 65.5 Å². The maximum atomic E-state index is 11.4. The van der Waals surface area contributed by atoms with Gasteiger partial charge in [-0.05, 0) is 51.0 Å². The maximum Gasteiger partial charge on any atom is 0.407 e. The van der Waals surface area contributed by atoms with Crippen molar-refractivity contribution in [3.63, 3.8) is 0 Å². The zero-order chi connectivity index (χ0) is 15.0. The van der Waals surface area contributed by atoms with Crippen LogP contribution in [0.3, 0.4) is 0 Å². The molecule has 20 heavy (non-hydrogen) atoms. The zero-order valence-corrected chi connectivity index (χ0v) is 12.8. The number of unbranched alkanes of at least 4 members (excludes halogenated alkanes) is 3. The normalized spacial score (nSPS) is 11.4. The van der Waals surface area contributed by atoms with Crippen LogP contribution in [0.2, 0.25) is 0 Å². The molecule has 0 bridgehead atoms. The van der Waals surface area contributed by atoms with E-state index in [1.807, 2.05) is 27.7 Å². The van der Waals surface area contributed by atoms with Gasteiger partial charge in [0, 0.05) is 13.1 Å². The van der Waals surface area contributed by atoms with Gasteiger partial charge in [0.25, 0.3) is 0 Å². The molecule has 7 nitrogen and oxygen atoms in total. The van der Waals surface area contributed by atoms with Crippen LogP contribution in [-0.2, 0) is 11.3 Å². The van der Waals surface area contributed by atoms with Gasteiger partial charge in [0.2, 0.25) is 0 Å². The van der Waals surface area contributed by atoms with Crippen LogP contribution >= 0.6 is 0 Å². The first-order chi connectivity index (χ1) is 9.38. The largest absolute Gasteiger partial charge is 0.444 e. The lowest BCUT2D eigenvalue weighted by molar-refractivity contribution is 0.0527. The number of aromatic nitrogens is 4. The first-order valence-corrected chi connectivity index (χ1v) is 7.08. The number of alkyl carbamates (subject to hydrolysis) is 1. The van der Waals surface area contributed by atoms with E-state index in [0.29, 0.717) is 6.54 Å². The highest BCUT2D eigenvalue weighted by atomic mass is 16.6. The van der Waals surface area contributed by atoms with Gasteiger partial charge in [0.15, 0.2) is 0 Å². The molecule has 114 valence electrons. The van der Waals surface area contributed by atoms with Crippen molar-refractivity contribution in [2.24, 2.45) is 0 Å². The van der Waals surface area contributed by atoms with Crippen molar-refractivity contribution in [3.05, 3.63) is 5.82 Å². The number of carbonyl (C=O) groups excluding carboxylic acids is 1. The molecular weight excluding hydrogens is 258 g/mol. The van der Waals surface area contributed by atoms with Gasteiger partial charge in [0.1, 0.15) is 11.4 Å². The highest BCUT2D eigenvalue weighted by Gasteiger charge is 2.15.